The van der Waals surface area contributed by atoms with E-state index in [0.717, 1.165) is 11.1 Å². The molecule has 5 atom stereocenters. The molecule has 1 saturated carbocycles. The van der Waals surface area contributed by atoms with Crippen LogP contribution in [0.1, 0.15) is 17.2 Å². The molecular formula is C22H23Cl2NO3S. The fourth-order valence-corrected chi connectivity index (χ4v) is 6.21. The highest BCUT2D eigenvalue weighted by Crippen LogP contribution is 2.48. The normalized spacial score (nSPS) is 28.1. The molecule has 7 heteroatoms. The van der Waals surface area contributed by atoms with E-state index in [2.05, 4.69) is 0 Å². The second-order valence-electron chi connectivity index (χ2n) is 7.33. The molecule has 0 spiro atoms. The van der Waals surface area contributed by atoms with Gasteiger partial charge in [0.1, 0.15) is 0 Å². The predicted octanol–water partition coefficient (Wildman–Crippen LogP) is 3.85. The van der Waals surface area contributed by atoms with Crippen LogP contribution in [0.2, 0.25) is 0 Å². The lowest BCUT2D eigenvalue weighted by molar-refractivity contribution is -0.161. The monoisotopic (exact) mass is 451 g/mol. The van der Waals surface area contributed by atoms with Gasteiger partial charge in [-0.15, -0.1) is 24.0 Å². The largest absolute Gasteiger partial charge is 0.452 e. The zero-order chi connectivity index (χ0) is 19.7. The number of Topliss-reactive ketones (excluding diaryl/α,β-unsaturated/α-hetero) is 1. The van der Waals surface area contributed by atoms with Gasteiger partial charge in [-0.1, -0.05) is 60.7 Å². The number of ether oxygens (including phenoxy) is 1. The molecule has 2 aliphatic rings. The number of benzene rings is 2. The van der Waals surface area contributed by atoms with Gasteiger partial charge in [0.25, 0.3) is 0 Å². The molecule has 2 fully saturated rings. The van der Waals surface area contributed by atoms with Crippen molar-refractivity contribution in [2.75, 3.05) is 11.6 Å². The van der Waals surface area contributed by atoms with Gasteiger partial charge >= 0.3 is 5.97 Å². The molecule has 154 valence electrons. The van der Waals surface area contributed by atoms with Crippen molar-refractivity contribution < 1.29 is 14.3 Å². The molecule has 5 unspecified atom stereocenters. The molecule has 0 bridgehead atoms. The van der Waals surface area contributed by atoms with Crippen molar-refractivity contribution in [2.24, 2.45) is 23.5 Å². The van der Waals surface area contributed by atoms with Crippen LogP contribution in [-0.2, 0) is 14.3 Å². The average molecular weight is 452 g/mol. The number of hydrogen-bond acceptors (Lipinski definition) is 5. The van der Waals surface area contributed by atoms with Crippen molar-refractivity contribution in [3.8, 4) is 0 Å². The second kappa shape index (κ2) is 9.52. The third-order valence-corrected chi connectivity index (χ3v) is 7.66. The third-order valence-electron chi connectivity index (χ3n) is 5.67. The van der Waals surface area contributed by atoms with Crippen LogP contribution in [0.4, 0.5) is 0 Å². The van der Waals surface area contributed by atoms with E-state index in [1.54, 1.807) is 11.8 Å². The van der Waals surface area contributed by atoms with Crippen molar-refractivity contribution in [1.29, 1.82) is 0 Å². The molecule has 1 saturated heterocycles. The molecule has 2 aromatic carbocycles. The standard InChI is InChI=1S/C22H22ClNO3S.ClH/c23-11-15-12-28-21-17(19(25)18(21)24)16(15)22(26)27-20(13-7-3-1-4-8-13)14-9-5-2-6-10-14;/h1-10,15-18,20-21H,11-12,24H2;1H. The number of rotatable bonds is 5. The minimum absolute atomic E-state index is 0. The summed E-state index contributed by atoms with van der Waals surface area (Å²) in [6.07, 6.45) is -0.525. The Balaban J connectivity index is 0.00000240. The van der Waals surface area contributed by atoms with Crippen LogP contribution < -0.4 is 5.73 Å². The lowest BCUT2D eigenvalue weighted by atomic mass is 9.67. The molecule has 1 aliphatic heterocycles. The number of halogens is 2. The Bertz CT molecular complexity index is 812. The maximum absolute atomic E-state index is 13.3. The SMILES string of the molecule is Cl.NC1C(=O)C2C1SCC(CCl)C2C(=O)OC(c1ccccc1)c1ccccc1. The van der Waals surface area contributed by atoms with Crippen LogP contribution in [0, 0.1) is 17.8 Å². The first-order valence-electron chi connectivity index (χ1n) is 9.39. The van der Waals surface area contributed by atoms with Gasteiger partial charge in [-0.05, 0) is 22.8 Å². The van der Waals surface area contributed by atoms with E-state index >= 15 is 0 Å². The van der Waals surface area contributed by atoms with Gasteiger partial charge in [0.15, 0.2) is 11.9 Å². The van der Waals surface area contributed by atoms with Crippen LogP contribution in [0.5, 0.6) is 0 Å². The highest BCUT2D eigenvalue weighted by Gasteiger charge is 2.58. The van der Waals surface area contributed by atoms with Crippen LogP contribution >= 0.6 is 35.8 Å². The summed E-state index contributed by atoms with van der Waals surface area (Å²) in [5.41, 5.74) is 7.74. The van der Waals surface area contributed by atoms with E-state index in [1.165, 1.54) is 0 Å². The number of nitrogens with two attached hydrogens (primary N) is 1. The number of carbonyl (C=O) groups excluding carboxylic acids is 2. The Morgan fingerprint density at radius 1 is 1.10 bits per heavy atom. The zero-order valence-corrected chi connectivity index (χ0v) is 18.0. The predicted molar refractivity (Wildman–Crippen MR) is 118 cm³/mol. The number of ketones is 1. The van der Waals surface area contributed by atoms with Crippen molar-refractivity contribution in [2.45, 2.75) is 17.4 Å². The Morgan fingerprint density at radius 2 is 1.66 bits per heavy atom. The number of carbonyl (C=O) groups is 2. The maximum atomic E-state index is 13.3. The van der Waals surface area contributed by atoms with Crippen molar-refractivity contribution in [1.82, 2.24) is 0 Å². The maximum Gasteiger partial charge on any atom is 0.311 e. The van der Waals surface area contributed by atoms with Crippen molar-refractivity contribution in [3.05, 3.63) is 71.8 Å². The lowest BCUT2D eigenvalue weighted by Crippen LogP contribution is -2.66. The Labute approximate surface area is 185 Å². The van der Waals surface area contributed by atoms with E-state index in [-0.39, 0.29) is 35.3 Å². The topological polar surface area (TPSA) is 69.4 Å². The Kier molecular flexibility index (Phi) is 7.28. The van der Waals surface area contributed by atoms with Gasteiger partial charge in [-0.25, -0.2) is 0 Å². The molecule has 4 rings (SSSR count). The summed E-state index contributed by atoms with van der Waals surface area (Å²) in [7, 11) is 0. The molecule has 29 heavy (non-hydrogen) atoms. The first-order valence-corrected chi connectivity index (χ1v) is 11.0. The average Bonchev–Trinajstić information content (AvgIpc) is 2.76. The molecule has 0 radical (unpaired) electrons. The second-order valence-corrected chi connectivity index (χ2v) is 8.85. The molecule has 1 aliphatic carbocycles. The smallest absolute Gasteiger partial charge is 0.311 e. The summed E-state index contributed by atoms with van der Waals surface area (Å²) >= 11 is 7.80. The third kappa shape index (κ3) is 4.19. The van der Waals surface area contributed by atoms with E-state index in [4.69, 9.17) is 22.1 Å². The molecule has 2 N–H and O–H groups in total. The van der Waals surface area contributed by atoms with Crippen LogP contribution in [0.3, 0.4) is 0 Å². The minimum Gasteiger partial charge on any atom is -0.452 e. The van der Waals surface area contributed by atoms with Gasteiger partial charge in [0.05, 0.1) is 12.0 Å². The van der Waals surface area contributed by atoms with Crippen LogP contribution in [-0.4, -0.2) is 34.7 Å². The molecule has 0 amide bonds. The van der Waals surface area contributed by atoms with E-state index < -0.39 is 24.0 Å². The molecular weight excluding hydrogens is 429 g/mol. The summed E-state index contributed by atoms with van der Waals surface area (Å²) in [5.74, 6) is -0.400. The fraction of sp³-hybridized carbons (Fsp3) is 0.364. The van der Waals surface area contributed by atoms with Gasteiger partial charge in [-0.2, -0.15) is 11.8 Å². The quantitative estimate of drug-likeness (QED) is 0.551. The van der Waals surface area contributed by atoms with Gasteiger partial charge < -0.3 is 10.5 Å². The first kappa shape index (κ1) is 22.2. The highest BCUT2D eigenvalue weighted by molar-refractivity contribution is 8.00. The number of esters is 1. The summed E-state index contributed by atoms with van der Waals surface area (Å²) < 4.78 is 6.03. The van der Waals surface area contributed by atoms with Gasteiger partial charge in [-0.3, -0.25) is 9.59 Å². The Morgan fingerprint density at radius 3 is 2.17 bits per heavy atom. The van der Waals surface area contributed by atoms with E-state index in [1.807, 2.05) is 60.7 Å². The van der Waals surface area contributed by atoms with E-state index in [9.17, 15) is 9.59 Å². The number of thioether (sulfide) groups is 1. The zero-order valence-electron chi connectivity index (χ0n) is 15.6. The number of fused-ring (bicyclic) bond motifs is 1. The highest BCUT2D eigenvalue weighted by atomic mass is 35.5. The van der Waals surface area contributed by atoms with Gasteiger partial charge in [0.2, 0.25) is 0 Å². The van der Waals surface area contributed by atoms with Crippen molar-refractivity contribution >= 4 is 47.5 Å². The lowest BCUT2D eigenvalue weighted by Gasteiger charge is -2.49. The summed E-state index contributed by atoms with van der Waals surface area (Å²) in [4.78, 5) is 25.7. The number of alkyl halides is 1. The van der Waals surface area contributed by atoms with Gasteiger partial charge in [0, 0.05) is 17.0 Å². The molecule has 4 nitrogen and oxygen atoms in total. The number of hydrogen-bond donors (Lipinski definition) is 1. The Hall–Kier alpha value is -1.53. The fourth-order valence-electron chi connectivity index (χ4n) is 4.13. The summed E-state index contributed by atoms with van der Waals surface area (Å²) in [6, 6.07) is 18.8. The summed E-state index contributed by atoms with van der Waals surface area (Å²) in [5, 5.41) is -0.0172. The molecule has 1 heterocycles. The van der Waals surface area contributed by atoms with Crippen LogP contribution in [0.25, 0.3) is 0 Å². The molecule has 2 aromatic rings. The van der Waals surface area contributed by atoms with Crippen LogP contribution in [0.15, 0.2) is 60.7 Å². The molecule has 0 aromatic heterocycles. The van der Waals surface area contributed by atoms with Crippen molar-refractivity contribution in [3.63, 3.8) is 0 Å². The summed E-state index contributed by atoms with van der Waals surface area (Å²) in [6.45, 7) is 0. The van der Waals surface area contributed by atoms with E-state index in [0.29, 0.717) is 11.6 Å². The minimum atomic E-state index is -0.536. The first-order chi connectivity index (χ1) is 13.6.